The standard InChI is InChI=1S/C18H26N2O2/c1-6-18(13(2)3)16(21)20(14(4)5)17(22)19(18)12-15-10-8-7-9-11-15/h7-11,13-14H,6,12H2,1-5H3. The largest absolute Gasteiger partial charge is 0.328 e. The molecule has 1 aromatic rings. The van der Waals surface area contributed by atoms with Crippen LogP contribution in [0, 0.1) is 5.92 Å². The fourth-order valence-corrected chi connectivity index (χ4v) is 3.45. The van der Waals surface area contributed by atoms with Crippen LogP contribution in [0.15, 0.2) is 30.3 Å². The molecule has 4 heteroatoms. The third-order valence-electron chi connectivity index (χ3n) is 4.70. The number of rotatable bonds is 5. The maximum Gasteiger partial charge on any atom is 0.328 e. The molecule has 1 atom stereocenters. The lowest BCUT2D eigenvalue weighted by Crippen LogP contribution is -2.53. The lowest BCUT2D eigenvalue weighted by atomic mass is 9.82. The molecule has 2 rings (SSSR count). The average Bonchev–Trinajstić information content (AvgIpc) is 2.68. The van der Waals surface area contributed by atoms with Crippen LogP contribution in [0.2, 0.25) is 0 Å². The van der Waals surface area contributed by atoms with Gasteiger partial charge in [-0.2, -0.15) is 0 Å². The molecule has 0 saturated carbocycles. The van der Waals surface area contributed by atoms with Crippen LogP contribution in [0.25, 0.3) is 0 Å². The summed E-state index contributed by atoms with van der Waals surface area (Å²) in [7, 11) is 0. The first-order chi connectivity index (χ1) is 10.4. The molecule has 0 aliphatic carbocycles. The van der Waals surface area contributed by atoms with E-state index in [1.165, 1.54) is 4.90 Å². The number of amides is 3. The summed E-state index contributed by atoms with van der Waals surface area (Å²) in [5, 5.41) is 0. The van der Waals surface area contributed by atoms with E-state index in [1.807, 2.05) is 65.0 Å². The number of hydrogen-bond donors (Lipinski definition) is 0. The molecular weight excluding hydrogens is 276 g/mol. The number of carbonyl (C=O) groups excluding carboxylic acids is 2. The van der Waals surface area contributed by atoms with Gasteiger partial charge in [0.1, 0.15) is 5.54 Å². The number of imide groups is 1. The van der Waals surface area contributed by atoms with Crippen molar-refractivity contribution in [3.05, 3.63) is 35.9 Å². The predicted octanol–water partition coefficient (Wildman–Crippen LogP) is 3.66. The first-order valence-electron chi connectivity index (χ1n) is 8.05. The summed E-state index contributed by atoms with van der Waals surface area (Å²) >= 11 is 0. The Hall–Kier alpha value is -1.84. The zero-order valence-electron chi connectivity index (χ0n) is 14.2. The molecule has 1 heterocycles. The predicted molar refractivity (Wildman–Crippen MR) is 87.2 cm³/mol. The molecule has 0 N–H and O–H groups in total. The van der Waals surface area contributed by atoms with Crippen molar-refractivity contribution in [1.82, 2.24) is 9.80 Å². The van der Waals surface area contributed by atoms with Crippen LogP contribution in [0.3, 0.4) is 0 Å². The second kappa shape index (κ2) is 6.11. The topological polar surface area (TPSA) is 40.6 Å². The highest BCUT2D eigenvalue weighted by Gasteiger charge is 2.58. The Bertz CT molecular complexity index is 553. The summed E-state index contributed by atoms with van der Waals surface area (Å²) < 4.78 is 0. The van der Waals surface area contributed by atoms with E-state index in [9.17, 15) is 9.59 Å². The molecule has 0 aromatic heterocycles. The van der Waals surface area contributed by atoms with Crippen molar-refractivity contribution in [3.63, 3.8) is 0 Å². The minimum absolute atomic E-state index is 0.0547. The Morgan fingerprint density at radius 3 is 2.09 bits per heavy atom. The van der Waals surface area contributed by atoms with Gasteiger partial charge in [0.15, 0.2) is 0 Å². The van der Waals surface area contributed by atoms with Crippen LogP contribution in [0.1, 0.15) is 46.6 Å². The van der Waals surface area contributed by atoms with Gasteiger partial charge in [-0.3, -0.25) is 9.69 Å². The van der Waals surface area contributed by atoms with Gasteiger partial charge < -0.3 is 4.90 Å². The van der Waals surface area contributed by atoms with Crippen molar-refractivity contribution in [2.24, 2.45) is 5.92 Å². The minimum Gasteiger partial charge on any atom is -0.305 e. The Kier molecular flexibility index (Phi) is 4.59. The molecule has 0 spiro atoms. The summed E-state index contributed by atoms with van der Waals surface area (Å²) in [6, 6.07) is 9.58. The molecule has 4 nitrogen and oxygen atoms in total. The Labute approximate surface area is 133 Å². The molecule has 3 amide bonds. The smallest absolute Gasteiger partial charge is 0.305 e. The molecule has 1 aliphatic heterocycles. The summed E-state index contributed by atoms with van der Waals surface area (Å²) in [6.45, 7) is 10.3. The molecule has 120 valence electrons. The number of benzene rings is 1. The van der Waals surface area contributed by atoms with E-state index in [1.54, 1.807) is 4.90 Å². The molecule has 1 aromatic carbocycles. The van der Waals surface area contributed by atoms with E-state index in [0.29, 0.717) is 13.0 Å². The molecule has 1 fully saturated rings. The second-order valence-corrected chi connectivity index (χ2v) is 6.56. The van der Waals surface area contributed by atoms with E-state index in [0.717, 1.165) is 5.56 Å². The van der Waals surface area contributed by atoms with Crippen molar-refractivity contribution in [2.45, 2.75) is 59.2 Å². The van der Waals surface area contributed by atoms with E-state index in [4.69, 9.17) is 0 Å². The summed E-state index contributed by atoms with van der Waals surface area (Å²) in [4.78, 5) is 29.1. The van der Waals surface area contributed by atoms with Gasteiger partial charge in [-0.1, -0.05) is 51.1 Å². The Morgan fingerprint density at radius 2 is 1.64 bits per heavy atom. The first kappa shape index (κ1) is 16.5. The number of carbonyl (C=O) groups is 2. The van der Waals surface area contributed by atoms with Gasteiger partial charge in [0.2, 0.25) is 0 Å². The number of hydrogen-bond acceptors (Lipinski definition) is 2. The van der Waals surface area contributed by atoms with E-state index < -0.39 is 5.54 Å². The van der Waals surface area contributed by atoms with Gasteiger partial charge in [-0.05, 0) is 31.7 Å². The molecule has 1 aliphatic rings. The van der Waals surface area contributed by atoms with E-state index >= 15 is 0 Å². The van der Waals surface area contributed by atoms with Crippen molar-refractivity contribution in [2.75, 3.05) is 0 Å². The number of nitrogens with zero attached hydrogens (tertiary/aromatic N) is 2. The van der Waals surface area contributed by atoms with Crippen molar-refractivity contribution in [1.29, 1.82) is 0 Å². The lowest BCUT2D eigenvalue weighted by molar-refractivity contribution is -0.136. The average molecular weight is 302 g/mol. The van der Waals surface area contributed by atoms with Crippen LogP contribution >= 0.6 is 0 Å². The third-order valence-corrected chi connectivity index (χ3v) is 4.70. The maximum absolute atomic E-state index is 13.0. The quantitative estimate of drug-likeness (QED) is 0.779. The zero-order valence-corrected chi connectivity index (χ0v) is 14.2. The molecule has 1 unspecified atom stereocenters. The number of urea groups is 1. The van der Waals surface area contributed by atoms with Crippen molar-refractivity contribution >= 4 is 11.9 Å². The van der Waals surface area contributed by atoms with Crippen LogP contribution in [0.5, 0.6) is 0 Å². The monoisotopic (exact) mass is 302 g/mol. The highest BCUT2D eigenvalue weighted by Crippen LogP contribution is 2.39. The Morgan fingerprint density at radius 1 is 1.05 bits per heavy atom. The maximum atomic E-state index is 13.0. The van der Waals surface area contributed by atoms with Crippen molar-refractivity contribution in [3.8, 4) is 0 Å². The first-order valence-corrected chi connectivity index (χ1v) is 8.05. The van der Waals surface area contributed by atoms with Gasteiger partial charge in [0, 0.05) is 12.6 Å². The fourth-order valence-electron chi connectivity index (χ4n) is 3.45. The molecular formula is C18H26N2O2. The zero-order chi connectivity index (χ0) is 16.5. The van der Waals surface area contributed by atoms with Gasteiger partial charge in [-0.25, -0.2) is 4.79 Å². The molecule has 0 bridgehead atoms. The van der Waals surface area contributed by atoms with E-state index in [-0.39, 0.29) is 23.9 Å². The van der Waals surface area contributed by atoms with Gasteiger partial charge in [0.05, 0.1) is 0 Å². The molecule has 1 saturated heterocycles. The van der Waals surface area contributed by atoms with Gasteiger partial charge >= 0.3 is 6.03 Å². The highest BCUT2D eigenvalue weighted by molar-refractivity contribution is 6.07. The molecule has 0 radical (unpaired) electrons. The van der Waals surface area contributed by atoms with Crippen molar-refractivity contribution < 1.29 is 9.59 Å². The van der Waals surface area contributed by atoms with Crippen LogP contribution in [0.4, 0.5) is 4.79 Å². The fraction of sp³-hybridized carbons (Fsp3) is 0.556. The van der Waals surface area contributed by atoms with Crippen LogP contribution in [-0.2, 0) is 11.3 Å². The van der Waals surface area contributed by atoms with E-state index in [2.05, 4.69) is 0 Å². The third kappa shape index (κ3) is 2.40. The highest BCUT2D eigenvalue weighted by atomic mass is 16.2. The Balaban J connectivity index is 2.47. The lowest BCUT2D eigenvalue weighted by Gasteiger charge is -2.38. The van der Waals surface area contributed by atoms with Crippen LogP contribution in [-0.4, -0.2) is 33.3 Å². The minimum atomic E-state index is -0.739. The van der Waals surface area contributed by atoms with Crippen LogP contribution < -0.4 is 0 Å². The van der Waals surface area contributed by atoms with Gasteiger partial charge in [-0.15, -0.1) is 0 Å². The summed E-state index contributed by atoms with van der Waals surface area (Å²) in [5.74, 6) is 0.0161. The normalized spacial score (nSPS) is 22.3. The SMILES string of the molecule is CCC1(C(C)C)C(=O)N(C(C)C)C(=O)N1Cc1ccccc1. The summed E-state index contributed by atoms with van der Waals surface area (Å²) in [5.41, 5.74) is 0.310. The van der Waals surface area contributed by atoms with Gasteiger partial charge in [0.25, 0.3) is 5.91 Å². The summed E-state index contributed by atoms with van der Waals surface area (Å²) in [6.07, 6.45) is 0.630. The molecule has 22 heavy (non-hydrogen) atoms. The second-order valence-electron chi connectivity index (χ2n) is 6.56.